The molecule has 0 spiro atoms. The molecule has 1 aliphatic rings. The van der Waals surface area contributed by atoms with E-state index < -0.39 is 35.5 Å². The van der Waals surface area contributed by atoms with Gasteiger partial charge in [0.2, 0.25) is 11.8 Å². The average molecular weight is 558 g/mol. The molecule has 4 N–H and O–H groups in total. The van der Waals surface area contributed by atoms with E-state index in [9.17, 15) is 19.2 Å². The fraction of sp³-hybridized carbons (Fsp3) is 0.467. The van der Waals surface area contributed by atoms with Gasteiger partial charge in [-0.05, 0) is 31.5 Å². The van der Waals surface area contributed by atoms with Gasteiger partial charge in [-0.25, -0.2) is 9.59 Å². The van der Waals surface area contributed by atoms with E-state index in [1.807, 2.05) is 58.9 Å². The van der Waals surface area contributed by atoms with Gasteiger partial charge in [-0.1, -0.05) is 68.9 Å². The molecule has 10 heteroatoms. The number of nitrogens with two attached hydrogens (primary N) is 1. The SMILES string of the molecule is C/C=C\CC(C/C=C\NC(=O)C(NC(=O)\C=C/C=C\C(C)=C\C[C@@H]1CC=C(OC)C(=O)O1)C(C)(C)C)OC(N)=O. The quantitative estimate of drug-likeness (QED) is 0.125. The zero-order valence-electron chi connectivity index (χ0n) is 24.3. The van der Waals surface area contributed by atoms with Gasteiger partial charge in [-0.2, -0.15) is 0 Å². The molecule has 3 amide bonds. The van der Waals surface area contributed by atoms with Crippen LogP contribution in [0, 0.1) is 5.41 Å². The molecule has 220 valence electrons. The summed E-state index contributed by atoms with van der Waals surface area (Å²) in [5.41, 5.74) is 5.50. The van der Waals surface area contributed by atoms with Crippen LogP contribution in [0.15, 0.2) is 72.2 Å². The van der Waals surface area contributed by atoms with Crippen molar-refractivity contribution in [1.29, 1.82) is 0 Å². The highest BCUT2D eigenvalue weighted by Crippen LogP contribution is 2.20. The summed E-state index contributed by atoms with van der Waals surface area (Å²) in [4.78, 5) is 48.1. The third-order valence-corrected chi connectivity index (χ3v) is 5.76. The molecule has 1 rings (SSSR count). The van der Waals surface area contributed by atoms with Gasteiger partial charge in [0, 0.05) is 31.8 Å². The topological polar surface area (TPSA) is 146 Å². The Balaban J connectivity index is 2.63. The number of primary amides is 1. The lowest BCUT2D eigenvalue weighted by molar-refractivity contribution is -0.149. The van der Waals surface area contributed by atoms with Gasteiger partial charge >= 0.3 is 12.1 Å². The average Bonchev–Trinajstić information content (AvgIpc) is 2.88. The molecule has 0 aromatic carbocycles. The molecule has 0 fully saturated rings. The molecule has 0 saturated heterocycles. The number of esters is 1. The van der Waals surface area contributed by atoms with E-state index in [1.165, 1.54) is 19.4 Å². The van der Waals surface area contributed by atoms with Crippen molar-refractivity contribution >= 4 is 23.9 Å². The largest absolute Gasteiger partial charge is 0.490 e. The lowest BCUT2D eigenvalue weighted by Crippen LogP contribution is -2.52. The smallest absolute Gasteiger partial charge is 0.404 e. The number of methoxy groups -OCH3 is 1. The first kappa shape index (κ1) is 33.9. The Labute approximate surface area is 237 Å². The number of hydrogen-bond donors (Lipinski definition) is 3. The number of ether oxygens (including phenoxy) is 3. The zero-order valence-corrected chi connectivity index (χ0v) is 24.3. The van der Waals surface area contributed by atoms with Gasteiger partial charge in [0.25, 0.3) is 0 Å². The number of hydrogen-bond acceptors (Lipinski definition) is 7. The molecule has 0 saturated carbocycles. The van der Waals surface area contributed by atoms with Crippen molar-refractivity contribution in [3.63, 3.8) is 0 Å². The normalized spacial score (nSPS) is 18.1. The van der Waals surface area contributed by atoms with Crippen molar-refractivity contribution in [2.24, 2.45) is 11.1 Å². The van der Waals surface area contributed by atoms with Gasteiger partial charge in [0.1, 0.15) is 18.2 Å². The third-order valence-electron chi connectivity index (χ3n) is 5.76. The van der Waals surface area contributed by atoms with Crippen LogP contribution >= 0.6 is 0 Å². The molecule has 0 aliphatic carbocycles. The second-order valence-corrected chi connectivity index (χ2v) is 10.3. The summed E-state index contributed by atoms with van der Waals surface area (Å²) < 4.78 is 15.3. The van der Waals surface area contributed by atoms with Crippen molar-refractivity contribution in [3.8, 4) is 0 Å². The molecular weight excluding hydrogens is 514 g/mol. The van der Waals surface area contributed by atoms with Gasteiger partial charge < -0.3 is 30.6 Å². The van der Waals surface area contributed by atoms with Crippen molar-refractivity contribution in [3.05, 3.63) is 72.2 Å². The van der Waals surface area contributed by atoms with Crippen LogP contribution in [0.3, 0.4) is 0 Å². The fourth-order valence-corrected chi connectivity index (χ4v) is 3.58. The predicted molar refractivity (Wildman–Crippen MR) is 153 cm³/mol. The predicted octanol–water partition coefficient (Wildman–Crippen LogP) is 4.26. The highest BCUT2D eigenvalue weighted by molar-refractivity contribution is 5.93. The molecule has 10 nitrogen and oxygen atoms in total. The van der Waals surface area contributed by atoms with E-state index in [1.54, 1.807) is 24.3 Å². The summed E-state index contributed by atoms with van der Waals surface area (Å²) in [5.74, 6) is -1.03. The van der Waals surface area contributed by atoms with Crippen LogP contribution in [0.25, 0.3) is 0 Å². The summed E-state index contributed by atoms with van der Waals surface area (Å²) in [6.45, 7) is 9.31. The molecule has 0 aromatic heterocycles. The number of rotatable bonds is 14. The first-order valence-electron chi connectivity index (χ1n) is 13.2. The summed E-state index contributed by atoms with van der Waals surface area (Å²) in [6.07, 6.45) is 17.4. The Hall–Kier alpha value is -4.08. The number of carbonyl (C=O) groups is 4. The Morgan fingerprint density at radius 2 is 1.85 bits per heavy atom. The number of nitrogens with one attached hydrogen (secondary N) is 2. The van der Waals surface area contributed by atoms with Gasteiger partial charge in [-0.3, -0.25) is 9.59 Å². The Morgan fingerprint density at radius 3 is 2.45 bits per heavy atom. The number of carbonyl (C=O) groups excluding carboxylic acids is 4. The summed E-state index contributed by atoms with van der Waals surface area (Å²) in [6, 6.07) is -0.800. The Morgan fingerprint density at radius 1 is 1.18 bits per heavy atom. The molecule has 0 radical (unpaired) electrons. The van der Waals surface area contributed by atoms with Crippen LogP contribution in [0.2, 0.25) is 0 Å². The first-order valence-corrected chi connectivity index (χ1v) is 13.2. The molecule has 40 heavy (non-hydrogen) atoms. The second kappa shape index (κ2) is 17.5. The molecule has 1 heterocycles. The van der Waals surface area contributed by atoms with Crippen LogP contribution in [-0.4, -0.2) is 49.2 Å². The summed E-state index contributed by atoms with van der Waals surface area (Å²) >= 11 is 0. The minimum atomic E-state index is -0.859. The Bertz CT molecular complexity index is 1060. The lowest BCUT2D eigenvalue weighted by Gasteiger charge is -2.29. The van der Waals surface area contributed by atoms with Crippen LogP contribution < -0.4 is 16.4 Å². The van der Waals surface area contributed by atoms with Crippen molar-refractivity contribution in [2.45, 2.75) is 78.6 Å². The van der Waals surface area contributed by atoms with Crippen LogP contribution in [-0.2, 0) is 28.6 Å². The Kier molecular flexibility index (Phi) is 14.8. The van der Waals surface area contributed by atoms with E-state index in [4.69, 9.17) is 19.9 Å². The molecule has 0 aromatic rings. The van der Waals surface area contributed by atoms with Crippen LogP contribution in [0.4, 0.5) is 4.79 Å². The van der Waals surface area contributed by atoms with E-state index in [0.29, 0.717) is 25.7 Å². The number of cyclic esters (lactones) is 1. The maximum absolute atomic E-state index is 12.8. The number of allylic oxidation sites excluding steroid dienone is 5. The first-order chi connectivity index (χ1) is 18.9. The van der Waals surface area contributed by atoms with E-state index >= 15 is 0 Å². The molecular formula is C30H43N3O7. The summed E-state index contributed by atoms with van der Waals surface area (Å²) in [7, 11) is 1.43. The second-order valence-electron chi connectivity index (χ2n) is 10.3. The fourth-order valence-electron chi connectivity index (χ4n) is 3.58. The summed E-state index contributed by atoms with van der Waals surface area (Å²) in [5, 5.41) is 5.43. The van der Waals surface area contributed by atoms with Gasteiger partial charge in [0.15, 0.2) is 5.76 Å². The van der Waals surface area contributed by atoms with Crippen LogP contribution in [0.1, 0.15) is 60.3 Å². The monoisotopic (exact) mass is 557 g/mol. The highest BCUT2D eigenvalue weighted by Gasteiger charge is 2.31. The minimum absolute atomic E-state index is 0.226. The zero-order chi connectivity index (χ0) is 30.1. The van der Waals surface area contributed by atoms with E-state index in [0.717, 1.165) is 5.57 Å². The van der Waals surface area contributed by atoms with Crippen molar-refractivity contribution in [2.75, 3.05) is 7.11 Å². The van der Waals surface area contributed by atoms with Crippen LogP contribution in [0.5, 0.6) is 0 Å². The number of amides is 3. The molecule has 2 unspecified atom stereocenters. The highest BCUT2D eigenvalue weighted by atomic mass is 16.6. The van der Waals surface area contributed by atoms with Crippen molar-refractivity contribution < 1.29 is 33.4 Å². The molecule has 1 aliphatic heterocycles. The van der Waals surface area contributed by atoms with Gasteiger partial charge in [0.05, 0.1) is 7.11 Å². The lowest BCUT2D eigenvalue weighted by atomic mass is 9.86. The standard InChI is InChI=1S/C30H43N3O7/c1-7-8-13-22(40-29(31)37)14-11-20-32-27(35)26(30(3,4)5)33-25(34)15-10-9-12-21(2)16-17-23-18-19-24(38-6)28(36)39-23/h7-12,15-16,19-20,22-23,26H,13-14,17-18H2,1-6H3,(H2,31,37)(H,32,35)(H,33,34)/b8-7-,12-9-,15-10-,20-11-,21-16+/t22?,23-,26?/m1/s1. The van der Waals surface area contributed by atoms with Crippen molar-refractivity contribution in [1.82, 2.24) is 10.6 Å². The maximum Gasteiger partial charge on any atom is 0.404 e. The molecule has 3 atom stereocenters. The molecule has 0 bridgehead atoms. The maximum atomic E-state index is 12.8. The van der Waals surface area contributed by atoms with E-state index in [2.05, 4.69) is 10.6 Å². The third kappa shape index (κ3) is 13.6. The van der Waals surface area contributed by atoms with Gasteiger partial charge in [-0.15, -0.1) is 0 Å². The van der Waals surface area contributed by atoms with E-state index in [-0.39, 0.29) is 17.8 Å². The minimum Gasteiger partial charge on any atom is -0.490 e.